The molecule has 3 heteroatoms. The Morgan fingerprint density at radius 3 is 2.20 bits per heavy atom. The van der Waals surface area contributed by atoms with Gasteiger partial charge in [-0.1, -0.05) is 79.9 Å². The van der Waals surface area contributed by atoms with Crippen LogP contribution in [0.1, 0.15) is 49.1 Å². The van der Waals surface area contributed by atoms with Crippen molar-refractivity contribution in [1.29, 1.82) is 0 Å². The van der Waals surface area contributed by atoms with Gasteiger partial charge in [-0.05, 0) is 29.9 Å². The third-order valence-electron chi connectivity index (χ3n) is 5.23. The minimum absolute atomic E-state index is 0.0897. The molecule has 3 rings (SSSR count). The van der Waals surface area contributed by atoms with Crippen LogP contribution in [0.15, 0.2) is 60.7 Å². The summed E-state index contributed by atoms with van der Waals surface area (Å²) in [6, 6.07) is 19.6. The maximum atomic E-state index is 12.9. The second kappa shape index (κ2) is 8.82. The summed E-state index contributed by atoms with van der Waals surface area (Å²) in [6.07, 6.45) is 4.93. The number of rotatable bonds is 6. The van der Waals surface area contributed by atoms with Gasteiger partial charge in [0, 0.05) is 6.54 Å². The van der Waals surface area contributed by atoms with Crippen LogP contribution in [0.4, 0.5) is 0 Å². The molecule has 2 N–H and O–H groups in total. The fourth-order valence-electron chi connectivity index (χ4n) is 3.81. The lowest BCUT2D eigenvalue weighted by atomic mass is 9.78. The number of carbonyl (C=O) groups excluding carboxylic acids is 1. The maximum absolute atomic E-state index is 12.9. The molecule has 0 aliphatic heterocycles. The van der Waals surface area contributed by atoms with Crippen LogP contribution < -0.4 is 5.32 Å². The Balaban J connectivity index is 1.74. The van der Waals surface area contributed by atoms with Gasteiger partial charge in [0.15, 0.2) is 0 Å². The SMILES string of the molecule is O=C(NCc1ccccc1)C(c1ccccc1)C(O)C1CCCCC1. The van der Waals surface area contributed by atoms with Crippen LogP contribution in [-0.4, -0.2) is 17.1 Å². The monoisotopic (exact) mass is 337 g/mol. The van der Waals surface area contributed by atoms with E-state index in [4.69, 9.17) is 0 Å². The molecule has 0 heterocycles. The molecule has 2 aromatic carbocycles. The van der Waals surface area contributed by atoms with Crippen molar-refractivity contribution in [3.8, 4) is 0 Å². The molecule has 1 aliphatic rings. The lowest BCUT2D eigenvalue weighted by Gasteiger charge is -2.32. The third kappa shape index (κ3) is 4.70. The summed E-state index contributed by atoms with van der Waals surface area (Å²) < 4.78 is 0. The first-order chi connectivity index (χ1) is 12.3. The molecule has 0 aromatic heterocycles. The molecule has 2 aromatic rings. The summed E-state index contributed by atoms with van der Waals surface area (Å²) in [5.74, 6) is -0.387. The van der Waals surface area contributed by atoms with E-state index in [1.807, 2.05) is 60.7 Å². The lowest BCUT2D eigenvalue weighted by molar-refractivity contribution is -0.126. The first kappa shape index (κ1) is 17.7. The zero-order chi connectivity index (χ0) is 17.5. The smallest absolute Gasteiger partial charge is 0.230 e. The van der Waals surface area contributed by atoms with Crippen LogP contribution in [0.2, 0.25) is 0 Å². The van der Waals surface area contributed by atoms with E-state index in [9.17, 15) is 9.90 Å². The first-order valence-electron chi connectivity index (χ1n) is 9.30. The van der Waals surface area contributed by atoms with E-state index < -0.39 is 12.0 Å². The second-order valence-corrected chi connectivity index (χ2v) is 6.98. The standard InChI is InChI=1S/C22H27NO2/c24-21(19-14-8-3-9-15-19)20(18-12-6-2-7-13-18)22(25)23-16-17-10-4-1-5-11-17/h1-2,4-7,10-13,19-21,24H,3,8-9,14-16H2,(H,23,25). The summed E-state index contributed by atoms with van der Waals surface area (Å²) in [5, 5.41) is 14.0. The van der Waals surface area contributed by atoms with E-state index in [1.165, 1.54) is 6.42 Å². The minimum Gasteiger partial charge on any atom is -0.392 e. The van der Waals surface area contributed by atoms with Crippen molar-refractivity contribution in [1.82, 2.24) is 5.32 Å². The second-order valence-electron chi connectivity index (χ2n) is 6.98. The third-order valence-corrected chi connectivity index (χ3v) is 5.23. The van der Waals surface area contributed by atoms with Crippen molar-refractivity contribution in [2.24, 2.45) is 5.92 Å². The Kier molecular flexibility index (Phi) is 6.24. The molecule has 0 spiro atoms. The molecule has 2 unspecified atom stereocenters. The molecule has 1 fully saturated rings. The zero-order valence-electron chi connectivity index (χ0n) is 14.6. The van der Waals surface area contributed by atoms with Gasteiger partial charge in [-0.25, -0.2) is 0 Å². The van der Waals surface area contributed by atoms with Crippen molar-refractivity contribution in [2.45, 2.75) is 50.7 Å². The van der Waals surface area contributed by atoms with Gasteiger partial charge in [0.05, 0.1) is 12.0 Å². The van der Waals surface area contributed by atoms with Crippen LogP contribution in [0, 0.1) is 5.92 Å². The Morgan fingerprint density at radius 1 is 0.960 bits per heavy atom. The maximum Gasteiger partial charge on any atom is 0.230 e. The number of aliphatic hydroxyl groups is 1. The molecule has 0 radical (unpaired) electrons. The molecule has 1 aliphatic carbocycles. The van der Waals surface area contributed by atoms with E-state index in [2.05, 4.69) is 5.32 Å². The van der Waals surface area contributed by atoms with Crippen molar-refractivity contribution in [3.05, 3.63) is 71.8 Å². The molecular formula is C22H27NO2. The highest BCUT2D eigenvalue weighted by molar-refractivity contribution is 5.84. The summed E-state index contributed by atoms with van der Waals surface area (Å²) in [5.41, 5.74) is 1.96. The van der Waals surface area contributed by atoms with Crippen molar-refractivity contribution >= 4 is 5.91 Å². The van der Waals surface area contributed by atoms with Crippen molar-refractivity contribution in [2.75, 3.05) is 0 Å². The lowest BCUT2D eigenvalue weighted by Crippen LogP contribution is -2.39. The molecule has 1 saturated carbocycles. The molecule has 25 heavy (non-hydrogen) atoms. The van der Waals surface area contributed by atoms with E-state index in [1.54, 1.807) is 0 Å². The molecular weight excluding hydrogens is 310 g/mol. The summed E-state index contributed by atoms with van der Waals surface area (Å²) >= 11 is 0. The quantitative estimate of drug-likeness (QED) is 0.836. The van der Waals surface area contributed by atoms with E-state index >= 15 is 0 Å². The normalized spacial score (nSPS) is 17.6. The molecule has 132 valence electrons. The number of amides is 1. The molecule has 2 atom stereocenters. The van der Waals surface area contributed by atoms with Gasteiger partial charge in [-0.15, -0.1) is 0 Å². The highest BCUT2D eigenvalue weighted by Crippen LogP contribution is 2.33. The van der Waals surface area contributed by atoms with Gasteiger partial charge < -0.3 is 10.4 Å². The number of hydrogen-bond donors (Lipinski definition) is 2. The van der Waals surface area contributed by atoms with Gasteiger partial charge >= 0.3 is 0 Å². The number of carbonyl (C=O) groups is 1. The highest BCUT2D eigenvalue weighted by atomic mass is 16.3. The Morgan fingerprint density at radius 2 is 1.56 bits per heavy atom. The average molecular weight is 337 g/mol. The molecule has 0 saturated heterocycles. The number of hydrogen-bond acceptors (Lipinski definition) is 2. The fourth-order valence-corrected chi connectivity index (χ4v) is 3.81. The predicted molar refractivity (Wildman–Crippen MR) is 100 cm³/mol. The summed E-state index contributed by atoms with van der Waals surface area (Å²) in [6.45, 7) is 0.487. The van der Waals surface area contributed by atoms with E-state index in [0.717, 1.165) is 36.8 Å². The number of nitrogens with one attached hydrogen (secondary N) is 1. The van der Waals surface area contributed by atoms with Gasteiger partial charge in [0.25, 0.3) is 0 Å². The topological polar surface area (TPSA) is 49.3 Å². The van der Waals surface area contributed by atoms with E-state index in [0.29, 0.717) is 6.54 Å². The Bertz CT molecular complexity index is 650. The molecule has 0 bridgehead atoms. The largest absolute Gasteiger partial charge is 0.392 e. The highest BCUT2D eigenvalue weighted by Gasteiger charge is 2.34. The number of aliphatic hydroxyl groups excluding tert-OH is 1. The Labute approximate surface area is 150 Å². The van der Waals surface area contributed by atoms with Crippen LogP contribution >= 0.6 is 0 Å². The molecule has 1 amide bonds. The van der Waals surface area contributed by atoms with Gasteiger partial charge in [0.2, 0.25) is 5.91 Å². The summed E-state index contributed by atoms with van der Waals surface area (Å²) in [7, 11) is 0. The van der Waals surface area contributed by atoms with Crippen molar-refractivity contribution in [3.63, 3.8) is 0 Å². The van der Waals surface area contributed by atoms with Crippen LogP contribution in [0.25, 0.3) is 0 Å². The van der Waals surface area contributed by atoms with Gasteiger partial charge in [0.1, 0.15) is 0 Å². The minimum atomic E-state index is -0.626. The van der Waals surface area contributed by atoms with Gasteiger partial charge in [-0.2, -0.15) is 0 Å². The van der Waals surface area contributed by atoms with Gasteiger partial charge in [-0.3, -0.25) is 4.79 Å². The van der Waals surface area contributed by atoms with Crippen molar-refractivity contribution < 1.29 is 9.90 Å². The van der Waals surface area contributed by atoms with Crippen LogP contribution in [-0.2, 0) is 11.3 Å². The summed E-state index contributed by atoms with van der Waals surface area (Å²) in [4.78, 5) is 12.9. The first-order valence-corrected chi connectivity index (χ1v) is 9.30. The fraction of sp³-hybridized carbons (Fsp3) is 0.409. The van der Waals surface area contributed by atoms with E-state index in [-0.39, 0.29) is 11.8 Å². The number of benzene rings is 2. The average Bonchev–Trinajstić information content (AvgIpc) is 2.69. The molecule has 3 nitrogen and oxygen atoms in total. The Hall–Kier alpha value is -2.13. The van der Waals surface area contributed by atoms with Crippen LogP contribution in [0.5, 0.6) is 0 Å². The zero-order valence-corrected chi connectivity index (χ0v) is 14.6. The predicted octanol–water partition coefficient (Wildman–Crippen LogP) is 4.03. The van der Waals surface area contributed by atoms with Crippen LogP contribution in [0.3, 0.4) is 0 Å².